The fourth-order valence-electron chi connectivity index (χ4n) is 9.12. The predicted octanol–water partition coefficient (Wildman–Crippen LogP) is 5.09. The summed E-state index contributed by atoms with van der Waals surface area (Å²) in [6.07, 6.45) is 26.5. The van der Waals surface area contributed by atoms with Gasteiger partial charge in [-0.05, 0) is 108 Å². The van der Waals surface area contributed by atoms with Crippen LogP contribution in [0.15, 0.2) is 0 Å². The maximum absolute atomic E-state index is 11.0. The van der Waals surface area contributed by atoms with Crippen LogP contribution < -0.4 is 16.0 Å². The van der Waals surface area contributed by atoms with Crippen molar-refractivity contribution in [2.24, 2.45) is 17.8 Å². The van der Waals surface area contributed by atoms with Crippen molar-refractivity contribution < 1.29 is 19.7 Å². The third-order valence-electron chi connectivity index (χ3n) is 11.6. The van der Waals surface area contributed by atoms with Crippen molar-refractivity contribution in [2.75, 3.05) is 0 Å². The van der Waals surface area contributed by atoms with Gasteiger partial charge in [0.15, 0.2) is 0 Å². The summed E-state index contributed by atoms with van der Waals surface area (Å²) in [7, 11) is 0. The topological polar surface area (TPSA) is 95.0 Å². The zero-order valence-corrected chi connectivity index (χ0v) is 25.0. The SMILES string of the molecule is OC1CCC(C2NC(C3CCC(OC4CCCCC4)CC3)NC(C3CCC(OC4CCCCC4)CC3)N2)C(O)C1. The third-order valence-corrected chi connectivity index (χ3v) is 11.6. The van der Waals surface area contributed by atoms with E-state index in [1.807, 2.05) is 0 Å². The molecule has 1 aliphatic heterocycles. The molecule has 0 aromatic heterocycles. The second-order valence-corrected chi connectivity index (χ2v) is 14.5. The maximum Gasteiger partial charge on any atom is 0.0649 e. The largest absolute Gasteiger partial charge is 0.393 e. The molecule has 6 rings (SSSR count). The minimum absolute atomic E-state index is 0.0891. The van der Waals surface area contributed by atoms with Gasteiger partial charge in [-0.3, -0.25) is 16.0 Å². The molecule has 0 aromatic rings. The molecule has 5 saturated carbocycles. The van der Waals surface area contributed by atoms with Gasteiger partial charge >= 0.3 is 0 Å². The van der Waals surface area contributed by atoms with Crippen LogP contribution in [-0.2, 0) is 9.47 Å². The Bertz CT molecular complexity index is 696. The molecule has 6 fully saturated rings. The first-order valence-corrected chi connectivity index (χ1v) is 17.6. The predicted molar refractivity (Wildman–Crippen MR) is 158 cm³/mol. The zero-order valence-electron chi connectivity index (χ0n) is 25.0. The number of ether oxygens (including phenoxy) is 2. The van der Waals surface area contributed by atoms with Crippen LogP contribution in [0.5, 0.6) is 0 Å². The normalized spacial score (nSPS) is 44.9. The van der Waals surface area contributed by atoms with Crippen LogP contribution in [0.25, 0.3) is 0 Å². The molecule has 1 saturated heterocycles. The van der Waals surface area contributed by atoms with E-state index >= 15 is 0 Å². The van der Waals surface area contributed by atoms with Crippen molar-refractivity contribution in [2.45, 2.75) is 190 Å². The Morgan fingerprint density at radius 2 is 0.850 bits per heavy atom. The van der Waals surface area contributed by atoms with E-state index in [2.05, 4.69) is 16.0 Å². The summed E-state index contributed by atoms with van der Waals surface area (Å²) < 4.78 is 13.1. The number of aliphatic hydroxyl groups excluding tert-OH is 2. The van der Waals surface area contributed by atoms with Crippen molar-refractivity contribution in [3.63, 3.8) is 0 Å². The summed E-state index contributed by atoms with van der Waals surface area (Å²) in [5, 5.41) is 33.0. The van der Waals surface area contributed by atoms with Crippen molar-refractivity contribution >= 4 is 0 Å². The van der Waals surface area contributed by atoms with Crippen LogP contribution in [0.2, 0.25) is 0 Å². The summed E-state index contributed by atoms with van der Waals surface area (Å²) in [5.41, 5.74) is 0. The van der Waals surface area contributed by atoms with E-state index in [1.54, 1.807) is 0 Å². The van der Waals surface area contributed by atoms with Crippen LogP contribution in [-0.4, -0.2) is 65.3 Å². The average molecular weight is 562 g/mol. The first-order valence-electron chi connectivity index (χ1n) is 17.6. The highest BCUT2D eigenvalue weighted by molar-refractivity contribution is 4.97. The van der Waals surface area contributed by atoms with Gasteiger partial charge in [-0.25, -0.2) is 0 Å². The van der Waals surface area contributed by atoms with Crippen LogP contribution >= 0.6 is 0 Å². The fourth-order valence-corrected chi connectivity index (χ4v) is 9.12. The molecule has 0 aromatic carbocycles. The molecule has 40 heavy (non-hydrogen) atoms. The van der Waals surface area contributed by atoms with Crippen LogP contribution in [0.4, 0.5) is 0 Å². The van der Waals surface area contributed by atoms with Gasteiger partial charge in [0, 0.05) is 5.92 Å². The van der Waals surface area contributed by atoms with E-state index in [4.69, 9.17) is 9.47 Å². The van der Waals surface area contributed by atoms with Crippen molar-refractivity contribution in [1.82, 2.24) is 16.0 Å². The average Bonchev–Trinajstić information content (AvgIpc) is 2.99. The number of aliphatic hydroxyl groups is 2. The van der Waals surface area contributed by atoms with Gasteiger partial charge in [-0.1, -0.05) is 38.5 Å². The summed E-state index contributed by atoms with van der Waals surface area (Å²) in [5.74, 6) is 1.33. The van der Waals surface area contributed by atoms with Crippen molar-refractivity contribution in [3.05, 3.63) is 0 Å². The molecule has 5 atom stereocenters. The molecule has 5 aliphatic carbocycles. The standard InChI is InChI=1S/C33H59N3O4/c37-24-15-20-29(30(38)21-24)33-35-31(22-11-16-27(17-12-22)39-25-7-3-1-4-8-25)34-32(36-33)23-13-18-28(19-14-23)40-26-9-5-2-6-10-26/h22-38H,1-21H2. The lowest BCUT2D eigenvalue weighted by molar-refractivity contribution is -0.0672. The smallest absolute Gasteiger partial charge is 0.0649 e. The second kappa shape index (κ2) is 14.5. The van der Waals surface area contributed by atoms with Crippen molar-refractivity contribution in [3.8, 4) is 0 Å². The molecule has 230 valence electrons. The lowest BCUT2D eigenvalue weighted by atomic mass is 9.79. The zero-order chi connectivity index (χ0) is 27.3. The highest BCUT2D eigenvalue weighted by Gasteiger charge is 2.43. The van der Waals surface area contributed by atoms with E-state index in [-0.39, 0.29) is 30.5 Å². The molecule has 1 heterocycles. The molecule has 7 heteroatoms. The first kappa shape index (κ1) is 29.8. The van der Waals surface area contributed by atoms with Gasteiger partial charge in [0.1, 0.15) is 0 Å². The van der Waals surface area contributed by atoms with Gasteiger partial charge in [0.2, 0.25) is 0 Å². The Hall–Kier alpha value is -0.280. The van der Waals surface area contributed by atoms with Crippen LogP contribution in [0.1, 0.15) is 135 Å². The molecule has 0 spiro atoms. The van der Waals surface area contributed by atoms with Crippen molar-refractivity contribution in [1.29, 1.82) is 0 Å². The lowest BCUT2D eigenvalue weighted by Gasteiger charge is -2.50. The Labute approximate surface area is 243 Å². The molecular weight excluding hydrogens is 502 g/mol. The quantitative estimate of drug-likeness (QED) is 0.296. The van der Waals surface area contributed by atoms with Crippen LogP contribution in [0.3, 0.4) is 0 Å². The maximum atomic E-state index is 11.0. The molecule has 5 N–H and O–H groups in total. The summed E-state index contributed by atoms with van der Waals surface area (Å²) in [4.78, 5) is 0. The molecule has 6 aliphatic rings. The monoisotopic (exact) mass is 561 g/mol. The van der Waals surface area contributed by atoms with Gasteiger partial charge < -0.3 is 19.7 Å². The van der Waals surface area contributed by atoms with E-state index in [0.29, 0.717) is 42.7 Å². The van der Waals surface area contributed by atoms with Gasteiger partial charge in [-0.2, -0.15) is 0 Å². The van der Waals surface area contributed by atoms with E-state index in [1.165, 1.54) is 116 Å². The Balaban J connectivity index is 1.05. The molecule has 5 unspecified atom stereocenters. The van der Waals surface area contributed by atoms with E-state index in [9.17, 15) is 10.2 Å². The summed E-state index contributed by atoms with van der Waals surface area (Å²) >= 11 is 0. The Morgan fingerprint density at radius 1 is 0.425 bits per heavy atom. The third kappa shape index (κ3) is 7.81. The Morgan fingerprint density at radius 3 is 1.30 bits per heavy atom. The molecule has 0 radical (unpaired) electrons. The number of rotatable bonds is 7. The molecule has 0 bridgehead atoms. The minimum atomic E-state index is -0.451. The number of nitrogens with one attached hydrogen (secondary N) is 3. The summed E-state index contributed by atoms with van der Waals surface area (Å²) in [6, 6.07) is 0. The van der Waals surface area contributed by atoms with Crippen LogP contribution in [0, 0.1) is 17.8 Å². The van der Waals surface area contributed by atoms with Gasteiger partial charge in [-0.15, -0.1) is 0 Å². The number of hydrogen-bond donors (Lipinski definition) is 5. The molecular formula is C33H59N3O4. The Kier molecular flexibility index (Phi) is 10.8. The first-order chi connectivity index (χ1) is 19.6. The summed E-state index contributed by atoms with van der Waals surface area (Å²) in [6.45, 7) is 0. The van der Waals surface area contributed by atoms with E-state index in [0.717, 1.165) is 12.8 Å². The minimum Gasteiger partial charge on any atom is -0.393 e. The highest BCUT2D eigenvalue weighted by atomic mass is 16.5. The highest BCUT2D eigenvalue weighted by Crippen LogP contribution is 2.36. The second-order valence-electron chi connectivity index (χ2n) is 14.5. The lowest BCUT2D eigenvalue weighted by Crippen LogP contribution is -2.73. The molecule has 7 nitrogen and oxygen atoms in total. The molecule has 0 amide bonds. The van der Waals surface area contributed by atoms with E-state index < -0.39 is 6.10 Å². The van der Waals surface area contributed by atoms with Gasteiger partial charge in [0.25, 0.3) is 0 Å². The number of hydrogen-bond acceptors (Lipinski definition) is 7. The fraction of sp³-hybridized carbons (Fsp3) is 1.00. The van der Waals surface area contributed by atoms with Gasteiger partial charge in [0.05, 0.1) is 55.1 Å².